The molecule has 0 saturated carbocycles. The summed E-state index contributed by atoms with van der Waals surface area (Å²) in [5.41, 5.74) is 1.35. The predicted molar refractivity (Wildman–Crippen MR) is 116 cm³/mol. The van der Waals surface area contributed by atoms with E-state index in [2.05, 4.69) is 10.6 Å². The molecule has 0 aliphatic carbocycles. The molecule has 3 amide bonds. The van der Waals surface area contributed by atoms with Gasteiger partial charge in [0.05, 0.1) is 6.54 Å². The monoisotopic (exact) mass is 417 g/mol. The van der Waals surface area contributed by atoms with Gasteiger partial charge in [0, 0.05) is 13.0 Å². The number of fused-ring (bicyclic) bond motifs is 1. The molecular formula is C23H35N3O4. The Labute approximate surface area is 179 Å². The number of nitrogens with one attached hydrogen (secondary N) is 2. The van der Waals surface area contributed by atoms with E-state index in [1.54, 1.807) is 20.8 Å². The van der Waals surface area contributed by atoms with Crippen molar-refractivity contribution < 1.29 is 19.1 Å². The molecule has 7 heteroatoms. The van der Waals surface area contributed by atoms with Crippen molar-refractivity contribution in [2.75, 3.05) is 6.54 Å². The highest BCUT2D eigenvalue weighted by Gasteiger charge is 2.38. The second-order valence-electron chi connectivity index (χ2n) is 9.12. The maximum absolute atomic E-state index is 13.2. The van der Waals surface area contributed by atoms with Gasteiger partial charge < -0.3 is 15.4 Å². The fourth-order valence-corrected chi connectivity index (χ4v) is 3.41. The van der Waals surface area contributed by atoms with Crippen LogP contribution in [0.2, 0.25) is 0 Å². The number of amides is 3. The van der Waals surface area contributed by atoms with Crippen molar-refractivity contribution in [1.82, 2.24) is 15.5 Å². The quantitative estimate of drug-likeness (QED) is 0.745. The first-order valence-corrected chi connectivity index (χ1v) is 10.7. The van der Waals surface area contributed by atoms with Gasteiger partial charge in [-0.1, -0.05) is 45.0 Å². The SMILES string of the molecule is CCCNC(=O)[C@@H](NC(=O)[C@@H]1Cc2ccccc2CN1C(=O)OC(C)(C)C)C(C)C. The van der Waals surface area contributed by atoms with Crippen LogP contribution < -0.4 is 10.6 Å². The van der Waals surface area contributed by atoms with Crippen molar-refractivity contribution >= 4 is 17.9 Å². The van der Waals surface area contributed by atoms with Gasteiger partial charge >= 0.3 is 6.09 Å². The molecule has 0 fully saturated rings. The molecule has 0 aromatic heterocycles. The molecule has 0 bridgehead atoms. The van der Waals surface area contributed by atoms with Crippen LogP contribution in [0.3, 0.4) is 0 Å². The van der Waals surface area contributed by atoms with Gasteiger partial charge in [-0.2, -0.15) is 0 Å². The van der Waals surface area contributed by atoms with E-state index in [0.29, 0.717) is 13.0 Å². The zero-order chi connectivity index (χ0) is 22.5. The number of hydrogen-bond acceptors (Lipinski definition) is 4. The normalized spacial score (nSPS) is 17.2. The van der Waals surface area contributed by atoms with Crippen LogP contribution in [0.4, 0.5) is 4.79 Å². The number of carbonyl (C=O) groups excluding carboxylic acids is 3. The zero-order valence-corrected chi connectivity index (χ0v) is 19.0. The summed E-state index contributed by atoms with van der Waals surface area (Å²) in [5.74, 6) is -0.641. The number of benzene rings is 1. The van der Waals surface area contributed by atoms with Crippen LogP contribution >= 0.6 is 0 Å². The van der Waals surface area contributed by atoms with Gasteiger partial charge in [-0.25, -0.2) is 4.79 Å². The van der Waals surface area contributed by atoms with Crippen molar-refractivity contribution in [3.63, 3.8) is 0 Å². The first kappa shape index (κ1) is 23.7. The molecule has 0 spiro atoms. The Morgan fingerprint density at radius 1 is 1.17 bits per heavy atom. The smallest absolute Gasteiger partial charge is 0.411 e. The van der Waals surface area contributed by atoms with Gasteiger partial charge in [0.15, 0.2) is 0 Å². The molecule has 2 atom stereocenters. The van der Waals surface area contributed by atoms with Gasteiger partial charge in [-0.3, -0.25) is 14.5 Å². The highest BCUT2D eigenvalue weighted by atomic mass is 16.6. The topological polar surface area (TPSA) is 87.7 Å². The van der Waals surface area contributed by atoms with Crippen molar-refractivity contribution in [2.24, 2.45) is 5.92 Å². The fourth-order valence-electron chi connectivity index (χ4n) is 3.41. The summed E-state index contributed by atoms with van der Waals surface area (Å²) in [6.07, 6.45) is 0.660. The summed E-state index contributed by atoms with van der Waals surface area (Å²) in [6, 6.07) is 6.36. The molecule has 1 heterocycles. The van der Waals surface area contributed by atoms with E-state index in [4.69, 9.17) is 4.74 Å². The maximum Gasteiger partial charge on any atom is 0.411 e. The molecule has 2 N–H and O–H groups in total. The molecule has 166 valence electrons. The zero-order valence-electron chi connectivity index (χ0n) is 19.0. The summed E-state index contributed by atoms with van der Waals surface area (Å²) in [4.78, 5) is 40.1. The molecule has 7 nitrogen and oxygen atoms in total. The highest BCUT2D eigenvalue weighted by molar-refractivity contribution is 5.92. The van der Waals surface area contributed by atoms with E-state index >= 15 is 0 Å². The number of carbonyl (C=O) groups is 3. The van der Waals surface area contributed by atoms with Gasteiger partial charge in [-0.15, -0.1) is 0 Å². The van der Waals surface area contributed by atoms with Crippen LogP contribution in [-0.4, -0.2) is 47.0 Å². The van der Waals surface area contributed by atoms with Crippen molar-refractivity contribution in [3.8, 4) is 0 Å². The summed E-state index contributed by atoms with van der Waals surface area (Å²) >= 11 is 0. The highest BCUT2D eigenvalue weighted by Crippen LogP contribution is 2.25. The molecule has 1 aliphatic rings. The Bertz CT molecular complexity index is 770. The summed E-state index contributed by atoms with van der Waals surface area (Å²) in [5, 5.41) is 5.72. The van der Waals surface area contributed by atoms with Gasteiger partial charge in [0.2, 0.25) is 11.8 Å². The van der Waals surface area contributed by atoms with E-state index in [-0.39, 0.29) is 24.3 Å². The number of hydrogen-bond donors (Lipinski definition) is 2. The standard InChI is InChI=1S/C23H35N3O4/c1-7-12-24-21(28)19(15(2)3)25-20(27)18-13-16-10-8-9-11-17(16)14-26(18)22(29)30-23(4,5)6/h8-11,15,18-19H,7,12-14H2,1-6H3,(H,24,28)(H,25,27)/t18-,19-/m0/s1. The van der Waals surface area contributed by atoms with E-state index in [1.807, 2.05) is 45.0 Å². The van der Waals surface area contributed by atoms with Crippen LogP contribution in [0.5, 0.6) is 0 Å². The Hall–Kier alpha value is -2.57. The van der Waals surface area contributed by atoms with Crippen LogP contribution in [0, 0.1) is 5.92 Å². The van der Waals surface area contributed by atoms with E-state index in [0.717, 1.165) is 17.5 Å². The van der Waals surface area contributed by atoms with Gasteiger partial charge in [0.25, 0.3) is 0 Å². The number of nitrogens with zero attached hydrogens (tertiary/aromatic N) is 1. The molecule has 1 aromatic carbocycles. The molecule has 0 radical (unpaired) electrons. The first-order valence-electron chi connectivity index (χ1n) is 10.7. The largest absolute Gasteiger partial charge is 0.444 e. The summed E-state index contributed by atoms with van der Waals surface area (Å²) in [6.45, 7) is 12.0. The molecular weight excluding hydrogens is 382 g/mol. The molecule has 1 aliphatic heterocycles. The minimum absolute atomic E-state index is 0.0864. The average molecular weight is 418 g/mol. The molecule has 30 heavy (non-hydrogen) atoms. The van der Waals surface area contributed by atoms with E-state index in [1.165, 1.54) is 4.90 Å². The minimum Gasteiger partial charge on any atom is -0.444 e. The Morgan fingerprint density at radius 3 is 2.37 bits per heavy atom. The average Bonchev–Trinajstić information content (AvgIpc) is 2.67. The van der Waals surface area contributed by atoms with Crippen molar-refractivity contribution in [1.29, 1.82) is 0 Å². The number of ether oxygens (including phenoxy) is 1. The molecule has 0 unspecified atom stereocenters. The molecule has 1 aromatic rings. The number of rotatable bonds is 6. The fraction of sp³-hybridized carbons (Fsp3) is 0.609. The molecule has 0 saturated heterocycles. The Balaban J connectivity index is 2.25. The third-order valence-corrected chi connectivity index (χ3v) is 4.98. The van der Waals surface area contributed by atoms with Crippen LogP contribution in [-0.2, 0) is 27.3 Å². The van der Waals surface area contributed by atoms with Gasteiger partial charge in [0.1, 0.15) is 17.7 Å². The minimum atomic E-state index is -0.741. The Kier molecular flexibility index (Phi) is 7.87. The lowest BCUT2D eigenvalue weighted by atomic mass is 9.93. The summed E-state index contributed by atoms with van der Waals surface area (Å²) in [7, 11) is 0. The molecule has 2 rings (SSSR count). The second-order valence-corrected chi connectivity index (χ2v) is 9.12. The summed E-state index contributed by atoms with van der Waals surface area (Å²) < 4.78 is 5.55. The second kappa shape index (κ2) is 9.96. The van der Waals surface area contributed by atoms with Crippen molar-refractivity contribution in [2.45, 2.75) is 78.6 Å². The third-order valence-electron chi connectivity index (χ3n) is 4.98. The first-order chi connectivity index (χ1) is 14.0. The predicted octanol–water partition coefficient (Wildman–Crippen LogP) is 3.02. The van der Waals surface area contributed by atoms with Crippen LogP contribution in [0.15, 0.2) is 24.3 Å². The van der Waals surface area contributed by atoms with E-state index in [9.17, 15) is 14.4 Å². The lowest BCUT2D eigenvalue weighted by molar-refractivity contribution is -0.133. The lowest BCUT2D eigenvalue weighted by Crippen LogP contribution is -2.58. The van der Waals surface area contributed by atoms with Gasteiger partial charge in [-0.05, 0) is 44.2 Å². The van der Waals surface area contributed by atoms with E-state index < -0.39 is 23.8 Å². The maximum atomic E-state index is 13.2. The van der Waals surface area contributed by atoms with Crippen LogP contribution in [0.25, 0.3) is 0 Å². The van der Waals surface area contributed by atoms with Crippen molar-refractivity contribution in [3.05, 3.63) is 35.4 Å². The Morgan fingerprint density at radius 2 is 1.80 bits per heavy atom. The lowest BCUT2D eigenvalue weighted by Gasteiger charge is -2.37. The van der Waals surface area contributed by atoms with Crippen LogP contribution in [0.1, 0.15) is 59.1 Å². The third kappa shape index (κ3) is 6.21.